The molecule has 1 aromatic heterocycles. The van der Waals surface area contributed by atoms with Crippen LogP contribution in [0.25, 0.3) is 11.0 Å². The van der Waals surface area contributed by atoms with Crippen molar-refractivity contribution in [3.8, 4) is 11.5 Å². The molecular formula is C22H20O7. The van der Waals surface area contributed by atoms with Crippen LogP contribution in [0.15, 0.2) is 57.7 Å². The van der Waals surface area contributed by atoms with Crippen LogP contribution >= 0.6 is 0 Å². The summed E-state index contributed by atoms with van der Waals surface area (Å²) in [6, 6.07) is 11.8. The first-order valence-electron chi connectivity index (χ1n) is 8.99. The molecule has 0 unspecified atom stereocenters. The quantitative estimate of drug-likeness (QED) is 0.387. The highest BCUT2D eigenvalue weighted by molar-refractivity contribution is 6.09. The summed E-state index contributed by atoms with van der Waals surface area (Å²) in [7, 11) is 0. The number of carbonyl (C=O) groups excluding carboxylic acids is 2. The van der Waals surface area contributed by atoms with Crippen molar-refractivity contribution in [1.29, 1.82) is 0 Å². The molecule has 150 valence electrons. The summed E-state index contributed by atoms with van der Waals surface area (Å²) >= 11 is 0. The third-order valence-corrected chi connectivity index (χ3v) is 4.22. The van der Waals surface area contributed by atoms with E-state index in [1.807, 2.05) is 0 Å². The second-order valence-electron chi connectivity index (χ2n) is 6.86. The maximum absolute atomic E-state index is 12.7. The average Bonchev–Trinajstić information content (AvgIpc) is 2.67. The molecule has 29 heavy (non-hydrogen) atoms. The predicted octanol–water partition coefficient (Wildman–Crippen LogP) is 3.45. The molecule has 7 heteroatoms. The first kappa shape index (κ1) is 20.1. The summed E-state index contributed by atoms with van der Waals surface area (Å²) in [5, 5.41) is 9.99. The van der Waals surface area contributed by atoms with Gasteiger partial charge in [-0.25, -0.2) is 9.59 Å². The second kappa shape index (κ2) is 7.79. The summed E-state index contributed by atoms with van der Waals surface area (Å²) in [6.07, 6.45) is 0. The van der Waals surface area contributed by atoms with E-state index >= 15 is 0 Å². The summed E-state index contributed by atoms with van der Waals surface area (Å²) in [5.74, 6) is -0.674. The van der Waals surface area contributed by atoms with Crippen molar-refractivity contribution < 1.29 is 28.6 Å². The monoisotopic (exact) mass is 396 g/mol. The number of aromatic hydroxyl groups is 1. The number of hydrogen-bond donors (Lipinski definition) is 1. The zero-order valence-corrected chi connectivity index (χ0v) is 16.2. The van der Waals surface area contributed by atoms with Gasteiger partial charge in [-0.05, 0) is 63.2 Å². The molecule has 7 nitrogen and oxygen atoms in total. The Morgan fingerprint density at radius 1 is 1.07 bits per heavy atom. The van der Waals surface area contributed by atoms with Crippen LogP contribution in [0.2, 0.25) is 0 Å². The fourth-order valence-corrected chi connectivity index (χ4v) is 2.73. The Balaban J connectivity index is 1.85. The van der Waals surface area contributed by atoms with Crippen LogP contribution in [0.4, 0.5) is 0 Å². The molecule has 3 aromatic rings. The highest BCUT2D eigenvalue weighted by Crippen LogP contribution is 2.23. The van der Waals surface area contributed by atoms with Gasteiger partial charge in [0, 0.05) is 17.0 Å². The van der Waals surface area contributed by atoms with Crippen LogP contribution in [0, 0.1) is 0 Å². The number of phenolic OH excluding ortho intramolecular Hbond substituents is 1. The van der Waals surface area contributed by atoms with Crippen molar-refractivity contribution in [2.45, 2.75) is 26.4 Å². The van der Waals surface area contributed by atoms with Crippen molar-refractivity contribution in [3.05, 3.63) is 70.1 Å². The number of hydrogen-bond acceptors (Lipinski definition) is 7. The highest BCUT2D eigenvalue weighted by atomic mass is 16.6. The number of ether oxygens (including phenoxy) is 2. The van der Waals surface area contributed by atoms with Crippen LogP contribution in [0.3, 0.4) is 0 Å². The van der Waals surface area contributed by atoms with E-state index in [1.165, 1.54) is 42.5 Å². The number of phenols is 1. The second-order valence-corrected chi connectivity index (χ2v) is 6.86. The standard InChI is InChI=1S/C22H20O7/c1-4-27-21(26)22(2,3)29-16-9-6-13(7-10-16)19(24)17-11-14-5-8-15(23)12-18(14)28-20(17)25/h5-12,23H,4H2,1-3H3. The van der Waals surface area contributed by atoms with Gasteiger partial charge < -0.3 is 19.0 Å². The minimum Gasteiger partial charge on any atom is -0.508 e. The van der Waals surface area contributed by atoms with Crippen LogP contribution in [-0.2, 0) is 9.53 Å². The van der Waals surface area contributed by atoms with E-state index in [4.69, 9.17) is 13.9 Å². The Hall–Kier alpha value is -3.61. The highest BCUT2D eigenvalue weighted by Gasteiger charge is 2.31. The molecule has 3 rings (SSSR count). The zero-order valence-electron chi connectivity index (χ0n) is 16.2. The smallest absolute Gasteiger partial charge is 0.349 e. The largest absolute Gasteiger partial charge is 0.508 e. The van der Waals surface area contributed by atoms with E-state index in [2.05, 4.69) is 0 Å². The molecule has 0 aliphatic rings. The van der Waals surface area contributed by atoms with Gasteiger partial charge >= 0.3 is 11.6 Å². The fourth-order valence-electron chi connectivity index (χ4n) is 2.73. The van der Waals surface area contributed by atoms with Gasteiger partial charge in [0.2, 0.25) is 0 Å². The number of benzene rings is 2. The van der Waals surface area contributed by atoms with Crippen LogP contribution < -0.4 is 10.4 Å². The fraction of sp³-hybridized carbons (Fsp3) is 0.227. The maximum atomic E-state index is 12.7. The lowest BCUT2D eigenvalue weighted by Gasteiger charge is -2.24. The van der Waals surface area contributed by atoms with Gasteiger partial charge in [0.25, 0.3) is 0 Å². The van der Waals surface area contributed by atoms with Crippen molar-refractivity contribution >= 4 is 22.7 Å². The molecule has 0 saturated carbocycles. The molecule has 0 saturated heterocycles. The van der Waals surface area contributed by atoms with Gasteiger partial charge in [-0.1, -0.05) is 0 Å². The molecule has 0 spiro atoms. The number of esters is 1. The minimum absolute atomic E-state index is 0.0407. The van der Waals surface area contributed by atoms with E-state index in [1.54, 1.807) is 26.8 Å². The van der Waals surface area contributed by atoms with E-state index in [0.717, 1.165) is 0 Å². The topological polar surface area (TPSA) is 103 Å². The maximum Gasteiger partial charge on any atom is 0.349 e. The lowest BCUT2D eigenvalue weighted by molar-refractivity contribution is -0.158. The normalized spacial score (nSPS) is 11.3. The summed E-state index contributed by atoms with van der Waals surface area (Å²) < 4.78 is 15.8. The minimum atomic E-state index is -1.19. The Bertz CT molecular complexity index is 1120. The Kier molecular flexibility index (Phi) is 5.41. The lowest BCUT2D eigenvalue weighted by Crippen LogP contribution is -2.39. The van der Waals surface area contributed by atoms with Crippen molar-refractivity contribution in [1.82, 2.24) is 0 Å². The summed E-state index contributed by atoms with van der Waals surface area (Å²) in [4.78, 5) is 36.9. The van der Waals surface area contributed by atoms with Gasteiger partial charge in [0.05, 0.1) is 6.61 Å². The first-order valence-corrected chi connectivity index (χ1v) is 8.99. The van der Waals surface area contributed by atoms with Gasteiger partial charge in [0.15, 0.2) is 11.4 Å². The lowest BCUT2D eigenvalue weighted by atomic mass is 10.0. The number of ketones is 1. The van der Waals surface area contributed by atoms with Gasteiger partial charge in [-0.15, -0.1) is 0 Å². The third kappa shape index (κ3) is 4.29. The van der Waals surface area contributed by atoms with Crippen LogP contribution in [-0.4, -0.2) is 29.1 Å². The van der Waals surface area contributed by atoms with E-state index in [0.29, 0.717) is 11.1 Å². The van der Waals surface area contributed by atoms with Crippen molar-refractivity contribution in [2.75, 3.05) is 6.61 Å². The van der Waals surface area contributed by atoms with Gasteiger partial charge in [-0.2, -0.15) is 0 Å². The molecule has 0 amide bonds. The molecule has 0 fully saturated rings. The van der Waals surface area contributed by atoms with E-state index in [9.17, 15) is 19.5 Å². The molecule has 0 aliphatic carbocycles. The van der Waals surface area contributed by atoms with E-state index < -0.39 is 23.0 Å². The third-order valence-electron chi connectivity index (χ3n) is 4.22. The molecule has 2 aromatic carbocycles. The SMILES string of the molecule is CCOC(=O)C(C)(C)Oc1ccc(C(=O)c2cc3ccc(O)cc3oc2=O)cc1. The van der Waals surface area contributed by atoms with Gasteiger partial charge in [-0.3, -0.25) is 4.79 Å². The molecule has 0 bridgehead atoms. The zero-order chi connectivity index (χ0) is 21.2. The Morgan fingerprint density at radius 3 is 2.41 bits per heavy atom. The first-order chi connectivity index (χ1) is 13.7. The summed E-state index contributed by atoms with van der Waals surface area (Å²) in [5.41, 5.74) is -1.65. The van der Waals surface area contributed by atoms with E-state index in [-0.39, 0.29) is 29.1 Å². The molecule has 0 atom stereocenters. The predicted molar refractivity (Wildman–Crippen MR) is 105 cm³/mol. The number of carbonyl (C=O) groups is 2. The van der Waals surface area contributed by atoms with Crippen LogP contribution in [0.5, 0.6) is 11.5 Å². The average molecular weight is 396 g/mol. The Labute approximate surface area is 166 Å². The van der Waals surface area contributed by atoms with Gasteiger partial charge in [0.1, 0.15) is 22.6 Å². The molecule has 0 aliphatic heterocycles. The Morgan fingerprint density at radius 2 is 1.76 bits per heavy atom. The number of rotatable bonds is 6. The van der Waals surface area contributed by atoms with Crippen molar-refractivity contribution in [3.63, 3.8) is 0 Å². The molecule has 1 heterocycles. The molecule has 1 N–H and O–H groups in total. The molecule has 0 radical (unpaired) electrons. The summed E-state index contributed by atoms with van der Waals surface area (Å²) in [6.45, 7) is 5.12. The van der Waals surface area contributed by atoms with Crippen molar-refractivity contribution in [2.24, 2.45) is 0 Å². The van der Waals surface area contributed by atoms with Crippen LogP contribution in [0.1, 0.15) is 36.7 Å². The molecular weight excluding hydrogens is 376 g/mol. The number of fused-ring (bicyclic) bond motifs is 1.